The summed E-state index contributed by atoms with van der Waals surface area (Å²) in [5.74, 6) is -0.463. The van der Waals surface area contributed by atoms with Gasteiger partial charge in [-0.1, -0.05) is 6.92 Å². The number of amides is 1. The average Bonchev–Trinajstić information content (AvgIpc) is 2.91. The van der Waals surface area contributed by atoms with E-state index >= 15 is 0 Å². The molecule has 1 aromatic heterocycles. The molecule has 22 heavy (non-hydrogen) atoms. The van der Waals surface area contributed by atoms with E-state index in [-0.39, 0.29) is 26.3 Å². The Hall–Kier alpha value is -1.19. The quantitative estimate of drug-likeness (QED) is 0.886. The van der Waals surface area contributed by atoms with Gasteiger partial charge in [0.2, 0.25) is 5.91 Å². The molecule has 1 N–H and O–H groups in total. The number of morpholine rings is 1. The van der Waals surface area contributed by atoms with Crippen LogP contribution in [0.4, 0.5) is 13.2 Å². The molecule has 0 unspecified atom stereocenters. The Balaban J connectivity index is 1.91. The molecule has 0 aliphatic carbocycles. The third kappa shape index (κ3) is 4.92. The van der Waals surface area contributed by atoms with E-state index in [9.17, 15) is 18.0 Å². The van der Waals surface area contributed by atoms with Gasteiger partial charge in [-0.25, -0.2) is 4.98 Å². The van der Waals surface area contributed by atoms with Crippen LogP contribution in [0.2, 0.25) is 0 Å². The van der Waals surface area contributed by atoms with Gasteiger partial charge in [-0.3, -0.25) is 9.69 Å². The minimum atomic E-state index is -4.33. The van der Waals surface area contributed by atoms with Crippen LogP contribution < -0.4 is 5.32 Å². The molecular formula is C13H18F3N3O2S. The molecule has 0 spiro atoms. The summed E-state index contributed by atoms with van der Waals surface area (Å²) in [5, 5.41) is 5.44. The molecule has 0 aromatic carbocycles. The van der Waals surface area contributed by atoms with Crippen molar-refractivity contribution >= 4 is 17.2 Å². The molecule has 1 fully saturated rings. The zero-order chi connectivity index (χ0) is 16.2. The molecule has 9 heteroatoms. The SMILES string of the molecule is CCc1nc(CNC(=O)[C@H]2COCCN2CC(F)(F)F)cs1. The lowest BCUT2D eigenvalue weighted by atomic mass is 10.2. The first-order valence-corrected chi connectivity index (χ1v) is 7.86. The van der Waals surface area contributed by atoms with Gasteiger partial charge in [-0.05, 0) is 6.42 Å². The van der Waals surface area contributed by atoms with E-state index in [1.54, 1.807) is 0 Å². The third-order valence-electron chi connectivity index (χ3n) is 3.27. The molecule has 0 saturated carbocycles. The van der Waals surface area contributed by atoms with Gasteiger partial charge in [0, 0.05) is 11.9 Å². The molecule has 1 atom stereocenters. The van der Waals surface area contributed by atoms with Crippen LogP contribution in [-0.2, 0) is 22.5 Å². The van der Waals surface area contributed by atoms with E-state index in [1.807, 2.05) is 12.3 Å². The Morgan fingerprint density at radius 2 is 2.36 bits per heavy atom. The molecule has 5 nitrogen and oxygen atoms in total. The molecule has 124 valence electrons. The molecule has 1 aliphatic heterocycles. The van der Waals surface area contributed by atoms with Gasteiger partial charge >= 0.3 is 6.18 Å². The summed E-state index contributed by atoms with van der Waals surface area (Å²) < 4.78 is 42.8. The van der Waals surface area contributed by atoms with Crippen molar-refractivity contribution < 1.29 is 22.7 Å². The molecule has 1 aliphatic rings. The number of halogens is 3. The molecule has 0 radical (unpaired) electrons. The summed E-state index contributed by atoms with van der Waals surface area (Å²) >= 11 is 1.50. The van der Waals surface area contributed by atoms with Crippen molar-refractivity contribution in [1.82, 2.24) is 15.2 Å². The van der Waals surface area contributed by atoms with Crippen molar-refractivity contribution in [3.8, 4) is 0 Å². The van der Waals surface area contributed by atoms with E-state index in [4.69, 9.17) is 4.74 Å². The summed E-state index contributed by atoms with van der Waals surface area (Å²) in [7, 11) is 0. The maximum absolute atomic E-state index is 12.5. The number of aromatic nitrogens is 1. The van der Waals surface area contributed by atoms with Gasteiger partial charge in [0.05, 0.1) is 37.0 Å². The Kier molecular flexibility index (Phi) is 5.76. The largest absolute Gasteiger partial charge is 0.401 e. The molecule has 1 amide bonds. The minimum Gasteiger partial charge on any atom is -0.378 e. The third-order valence-corrected chi connectivity index (χ3v) is 4.31. The number of rotatable bonds is 5. The van der Waals surface area contributed by atoms with Gasteiger partial charge in [0.15, 0.2) is 0 Å². The van der Waals surface area contributed by atoms with Crippen LogP contribution in [-0.4, -0.2) is 54.3 Å². The number of carbonyl (C=O) groups is 1. The van der Waals surface area contributed by atoms with E-state index in [0.717, 1.165) is 16.3 Å². The topological polar surface area (TPSA) is 54.5 Å². The van der Waals surface area contributed by atoms with Crippen LogP contribution in [0.15, 0.2) is 5.38 Å². The van der Waals surface area contributed by atoms with Crippen LogP contribution in [0.3, 0.4) is 0 Å². The second-order valence-corrected chi connectivity index (χ2v) is 5.92. The lowest BCUT2D eigenvalue weighted by Crippen LogP contribution is -2.55. The molecule has 1 aromatic rings. The average molecular weight is 337 g/mol. The predicted octanol–water partition coefficient (Wildman–Crippen LogP) is 1.58. The van der Waals surface area contributed by atoms with Crippen LogP contribution in [0, 0.1) is 0 Å². The first-order valence-electron chi connectivity index (χ1n) is 6.98. The van der Waals surface area contributed by atoms with E-state index in [0.29, 0.717) is 5.69 Å². The number of nitrogens with one attached hydrogen (secondary N) is 1. The zero-order valence-electron chi connectivity index (χ0n) is 12.2. The Morgan fingerprint density at radius 3 is 3.00 bits per heavy atom. The maximum atomic E-state index is 12.5. The van der Waals surface area contributed by atoms with Gasteiger partial charge in [0.1, 0.15) is 6.04 Å². The van der Waals surface area contributed by atoms with Crippen molar-refractivity contribution in [2.75, 3.05) is 26.3 Å². The van der Waals surface area contributed by atoms with Gasteiger partial charge in [0.25, 0.3) is 0 Å². The molecule has 2 rings (SSSR count). The van der Waals surface area contributed by atoms with E-state index < -0.39 is 24.7 Å². The van der Waals surface area contributed by atoms with Crippen LogP contribution >= 0.6 is 11.3 Å². The fourth-order valence-corrected chi connectivity index (χ4v) is 2.93. The van der Waals surface area contributed by atoms with Gasteiger partial charge < -0.3 is 10.1 Å². The standard InChI is InChI=1S/C13H18F3N3O2S/c1-2-11-18-9(7-22-11)5-17-12(20)10-6-21-4-3-19(10)8-13(14,15)16/h7,10H,2-6,8H2,1H3,(H,17,20)/t10-/m1/s1. The number of thiazole rings is 1. The number of hydrogen-bond donors (Lipinski definition) is 1. The molecule has 1 saturated heterocycles. The summed E-state index contributed by atoms with van der Waals surface area (Å²) in [5.41, 5.74) is 0.717. The predicted molar refractivity (Wildman–Crippen MR) is 75.6 cm³/mol. The highest BCUT2D eigenvalue weighted by Crippen LogP contribution is 2.20. The number of hydrogen-bond acceptors (Lipinski definition) is 5. The van der Waals surface area contributed by atoms with E-state index in [2.05, 4.69) is 10.3 Å². The zero-order valence-corrected chi connectivity index (χ0v) is 13.0. The summed E-state index contributed by atoms with van der Waals surface area (Å²) in [6, 6.07) is -0.917. The lowest BCUT2D eigenvalue weighted by molar-refractivity contribution is -0.166. The molecule has 2 heterocycles. The molecular weight excluding hydrogens is 319 g/mol. The summed E-state index contributed by atoms with van der Waals surface area (Å²) in [4.78, 5) is 17.5. The van der Waals surface area contributed by atoms with E-state index in [1.165, 1.54) is 11.3 Å². The first-order chi connectivity index (χ1) is 10.4. The normalized spacial score (nSPS) is 20.1. The van der Waals surface area contributed by atoms with Crippen molar-refractivity contribution in [2.24, 2.45) is 0 Å². The highest BCUT2D eigenvalue weighted by molar-refractivity contribution is 7.09. The number of ether oxygens (including phenoxy) is 1. The molecule has 0 bridgehead atoms. The minimum absolute atomic E-state index is 0.0286. The maximum Gasteiger partial charge on any atom is 0.401 e. The fourth-order valence-electron chi connectivity index (χ4n) is 2.19. The Morgan fingerprint density at radius 1 is 1.59 bits per heavy atom. The van der Waals surface area contributed by atoms with Crippen molar-refractivity contribution in [3.63, 3.8) is 0 Å². The van der Waals surface area contributed by atoms with Crippen LogP contribution in [0.5, 0.6) is 0 Å². The highest BCUT2D eigenvalue weighted by Gasteiger charge is 2.38. The lowest BCUT2D eigenvalue weighted by Gasteiger charge is -2.34. The summed E-state index contributed by atoms with van der Waals surface area (Å²) in [6.45, 7) is 1.35. The van der Waals surface area contributed by atoms with Crippen molar-refractivity contribution in [3.05, 3.63) is 16.1 Å². The van der Waals surface area contributed by atoms with Crippen molar-refractivity contribution in [1.29, 1.82) is 0 Å². The fraction of sp³-hybridized carbons (Fsp3) is 0.692. The van der Waals surface area contributed by atoms with Crippen LogP contribution in [0.25, 0.3) is 0 Å². The first kappa shape index (κ1) is 17.2. The van der Waals surface area contributed by atoms with Gasteiger partial charge in [-0.15, -0.1) is 11.3 Å². The van der Waals surface area contributed by atoms with Crippen LogP contribution in [0.1, 0.15) is 17.6 Å². The smallest absolute Gasteiger partial charge is 0.378 e. The second kappa shape index (κ2) is 7.38. The van der Waals surface area contributed by atoms with Gasteiger partial charge in [-0.2, -0.15) is 13.2 Å². The Bertz CT molecular complexity index is 507. The van der Waals surface area contributed by atoms with Crippen molar-refractivity contribution in [2.45, 2.75) is 32.1 Å². The number of carbonyl (C=O) groups excluding carboxylic acids is 1. The second-order valence-electron chi connectivity index (χ2n) is 4.98. The highest BCUT2D eigenvalue weighted by atomic mass is 32.1. The number of nitrogens with zero attached hydrogens (tertiary/aromatic N) is 2. The Labute approximate surface area is 130 Å². The number of alkyl halides is 3. The number of aryl methyl sites for hydroxylation is 1. The monoisotopic (exact) mass is 337 g/mol. The summed E-state index contributed by atoms with van der Waals surface area (Å²) in [6.07, 6.45) is -3.52.